The largest absolute Gasteiger partial charge is 0.417 e. The van der Waals surface area contributed by atoms with Crippen LogP contribution in [0.5, 0.6) is 0 Å². The van der Waals surface area contributed by atoms with E-state index in [1.807, 2.05) is 43.6 Å². The van der Waals surface area contributed by atoms with Crippen LogP contribution in [0.1, 0.15) is 43.0 Å². The fourth-order valence-corrected chi connectivity index (χ4v) is 6.83. The number of halogens is 3. The second-order valence-corrected chi connectivity index (χ2v) is 12.4. The lowest BCUT2D eigenvalue weighted by atomic mass is 9.82. The first-order chi connectivity index (χ1) is 18.4. The van der Waals surface area contributed by atoms with Crippen LogP contribution in [-0.4, -0.2) is 4.40 Å². The third kappa shape index (κ3) is 3.25. The molecule has 0 aliphatic rings. The number of pyridine rings is 2. The highest BCUT2D eigenvalue weighted by Crippen LogP contribution is 2.48. The van der Waals surface area contributed by atoms with E-state index in [4.69, 9.17) is 0 Å². The highest BCUT2D eigenvalue weighted by Gasteiger charge is 2.37. The van der Waals surface area contributed by atoms with Crippen molar-refractivity contribution in [3.8, 4) is 0 Å². The molecule has 7 rings (SSSR count). The number of aryl methyl sites for hydroxylation is 3. The van der Waals surface area contributed by atoms with Crippen LogP contribution >= 0.6 is 0 Å². The Labute approximate surface area is 224 Å². The zero-order valence-electron chi connectivity index (χ0n) is 23.0. The van der Waals surface area contributed by atoms with Crippen molar-refractivity contribution in [2.24, 2.45) is 12.5 Å². The summed E-state index contributed by atoms with van der Waals surface area (Å²) in [4.78, 5) is 0. The van der Waals surface area contributed by atoms with Gasteiger partial charge in [-0.05, 0) is 65.1 Å². The fraction of sp³-hybridized carbons (Fsp3) is 0.265. The lowest BCUT2D eigenvalue weighted by Gasteiger charge is -2.24. The number of alkyl halides is 3. The quantitative estimate of drug-likeness (QED) is 0.115. The maximum atomic E-state index is 14.7. The molecule has 0 saturated carbocycles. The summed E-state index contributed by atoms with van der Waals surface area (Å²) in [7, 11) is 2.00. The second-order valence-electron chi connectivity index (χ2n) is 12.4. The molecule has 0 atom stereocenters. The average Bonchev–Trinajstić information content (AvgIpc) is 3.20. The molecule has 7 aromatic rings. The monoisotopic (exact) mass is 523 g/mol. The number of hydrogen-bond acceptors (Lipinski definition) is 0. The molecule has 39 heavy (non-hydrogen) atoms. The molecule has 3 heterocycles. The van der Waals surface area contributed by atoms with Crippen molar-refractivity contribution in [3.63, 3.8) is 0 Å². The van der Waals surface area contributed by atoms with Crippen LogP contribution in [0.2, 0.25) is 0 Å². The van der Waals surface area contributed by atoms with Crippen LogP contribution in [-0.2, 0) is 19.6 Å². The van der Waals surface area contributed by atoms with E-state index in [-0.39, 0.29) is 10.8 Å². The van der Waals surface area contributed by atoms with Gasteiger partial charge in [0.15, 0.2) is 6.20 Å². The molecule has 0 bridgehead atoms. The minimum Gasteiger partial charge on any atom is -0.307 e. The van der Waals surface area contributed by atoms with Gasteiger partial charge in [-0.2, -0.15) is 13.2 Å². The predicted molar refractivity (Wildman–Crippen MR) is 155 cm³/mol. The molecule has 0 radical (unpaired) electrons. The van der Waals surface area contributed by atoms with Crippen LogP contribution in [0.4, 0.5) is 13.2 Å². The van der Waals surface area contributed by atoms with Crippen LogP contribution in [0.25, 0.3) is 59.8 Å². The summed E-state index contributed by atoms with van der Waals surface area (Å²) < 4.78 is 48.3. The van der Waals surface area contributed by atoms with Crippen LogP contribution in [0.15, 0.2) is 60.8 Å². The van der Waals surface area contributed by atoms with Crippen molar-refractivity contribution in [1.29, 1.82) is 0 Å². The van der Waals surface area contributed by atoms with Crippen molar-refractivity contribution in [2.45, 2.75) is 47.2 Å². The Kier molecular flexibility index (Phi) is 4.73. The summed E-state index contributed by atoms with van der Waals surface area (Å²) in [5.74, 6) is 0. The Morgan fingerprint density at radius 1 is 0.795 bits per heavy atom. The van der Waals surface area contributed by atoms with Gasteiger partial charge >= 0.3 is 6.18 Å². The summed E-state index contributed by atoms with van der Waals surface area (Å²) >= 11 is 0. The third-order valence-electron chi connectivity index (χ3n) is 8.31. The molecule has 5 heteroatoms. The standard InChI is InChI=1S/C34H30F3N2/c1-18-11-12-21-23(15-18)19(2)27-30(24(21)17-33(3,4)5)39-26-10-8-7-9-22(26)29-25(34(35,36)37)16-20-13-14-38(6)31(27)28(20)32(29)39/h7-16H,17H2,1-6H3/q+1. The van der Waals surface area contributed by atoms with Gasteiger partial charge in [0.2, 0.25) is 5.52 Å². The van der Waals surface area contributed by atoms with E-state index in [9.17, 15) is 13.2 Å². The first kappa shape index (κ1) is 24.2. The topological polar surface area (TPSA) is 8.29 Å². The molecule has 0 aliphatic carbocycles. The van der Waals surface area contributed by atoms with E-state index in [0.717, 1.165) is 39.3 Å². The van der Waals surface area contributed by atoms with Crippen LogP contribution in [0.3, 0.4) is 0 Å². The Morgan fingerprint density at radius 3 is 2.26 bits per heavy atom. The number of nitrogens with zero attached hydrogens (tertiary/aromatic N) is 2. The van der Waals surface area contributed by atoms with E-state index in [2.05, 4.69) is 61.8 Å². The molecule has 0 fully saturated rings. The van der Waals surface area contributed by atoms with E-state index in [1.165, 1.54) is 28.0 Å². The molecular formula is C34H30F3N2+. The number of para-hydroxylation sites is 1. The second kappa shape index (κ2) is 7.62. The zero-order chi connectivity index (χ0) is 27.6. The number of aromatic nitrogens is 2. The van der Waals surface area contributed by atoms with Gasteiger partial charge in [-0.3, -0.25) is 0 Å². The normalized spacial score (nSPS) is 13.4. The molecule has 2 nitrogen and oxygen atoms in total. The van der Waals surface area contributed by atoms with Gasteiger partial charge in [0.05, 0.1) is 32.9 Å². The molecule has 3 aromatic heterocycles. The van der Waals surface area contributed by atoms with Gasteiger partial charge in [-0.15, -0.1) is 0 Å². The van der Waals surface area contributed by atoms with Gasteiger partial charge in [0.25, 0.3) is 0 Å². The highest BCUT2D eigenvalue weighted by atomic mass is 19.4. The van der Waals surface area contributed by atoms with Crippen molar-refractivity contribution < 1.29 is 17.7 Å². The summed E-state index contributed by atoms with van der Waals surface area (Å²) in [5, 5.41) is 5.89. The average molecular weight is 524 g/mol. The van der Waals surface area contributed by atoms with Crippen molar-refractivity contribution >= 4 is 59.8 Å². The first-order valence-corrected chi connectivity index (χ1v) is 13.4. The minimum atomic E-state index is -4.48. The molecule has 196 valence electrons. The maximum absolute atomic E-state index is 14.7. The number of benzene rings is 4. The molecule has 0 N–H and O–H groups in total. The Balaban J connectivity index is 1.94. The Morgan fingerprint density at radius 2 is 1.54 bits per heavy atom. The van der Waals surface area contributed by atoms with Crippen molar-refractivity contribution in [3.05, 3.63) is 83.0 Å². The summed E-state index contributed by atoms with van der Waals surface area (Å²) in [6.07, 6.45) is -1.79. The van der Waals surface area contributed by atoms with E-state index < -0.39 is 11.7 Å². The summed E-state index contributed by atoms with van der Waals surface area (Å²) in [5.41, 5.74) is 6.37. The van der Waals surface area contributed by atoms with Crippen molar-refractivity contribution in [1.82, 2.24) is 4.40 Å². The Bertz CT molecular complexity index is 2140. The van der Waals surface area contributed by atoms with E-state index in [1.54, 1.807) is 0 Å². The number of rotatable bonds is 1. The fourth-order valence-electron chi connectivity index (χ4n) is 6.83. The summed E-state index contributed by atoms with van der Waals surface area (Å²) in [6.45, 7) is 10.9. The first-order valence-electron chi connectivity index (χ1n) is 13.4. The molecule has 0 spiro atoms. The SMILES string of the molecule is Cc1ccc2c(CC(C)(C)C)c3c(c(C)c2c1)c1c2c(cc[n+]1C)cc(C(F)(F)F)c1c4ccccc4n3c12. The van der Waals surface area contributed by atoms with Gasteiger partial charge in [0.1, 0.15) is 7.05 Å². The Hall–Kier alpha value is -3.86. The summed E-state index contributed by atoms with van der Waals surface area (Å²) in [6, 6.07) is 17.3. The van der Waals surface area contributed by atoms with Gasteiger partial charge in [-0.1, -0.05) is 62.7 Å². The third-order valence-corrected chi connectivity index (χ3v) is 8.31. The molecule has 0 saturated heterocycles. The van der Waals surface area contributed by atoms with Crippen molar-refractivity contribution in [2.75, 3.05) is 0 Å². The highest BCUT2D eigenvalue weighted by molar-refractivity contribution is 6.29. The molecular weight excluding hydrogens is 493 g/mol. The lowest BCUT2D eigenvalue weighted by molar-refractivity contribution is -0.643. The van der Waals surface area contributed by atoms with E-state index in [0.29, 0.717) is 16.3 Å². The van der Waals surface area contributed by atoms with Gasteiger partial charge in [0, 0.05) is 16.8 Å². The number of hydrogen-bond donors (Lipinski definition) is 0. The maximum Gasteiger partial charge on any atom is 0.417 e. The smallest absolute Gasteiger partial charge is 0.307 e. The van der Waals surface area contributed by atoms with Crippen LogP contribution < -0.4 is 4.57 Å². The lowest BCUT2D eigenvalue weighted by Crippen LogP contribution is -2.29. The number of fused-ring (bicyclic) bond motifs is 7. The molecule has 4 aromatic carbocycles. The van der Waals surface area contributed by atoms with E-state index >= 15 is 0 Å². The van der Waals surface area contributed by atoms with Gasteiger partial charge < -0.3 is 4.40 Å². The minimum absolute atomic E-state index is 0.0365. The molecule has 0 unspecified atom stereocenters. The molecule has 0 amide bonds. The molecule has 0 aliphatic heterocycles. The van der Waals surface area contributed by atoms with Gasteiger partial charge in [-0.25, -0.2) is 4.57 Å². The van der Waals surface area contributed by atoms with Crippen LogP contribution in [0, 0.1) is 19.3 Å². The zero-order valence-corrected chi connectivity index (χ0v) is 23.0. The predicted octanol–water partition coefficient (Wildman–Crippen LogP) is 9.19.